The molecule has 4 N–H and O–H groups in total. The van der Waals surface area contributed by atoms with E-state index >= 15 is 0 Å². The topological polar surface area (TPSA) is 186 Å². The van der Waals surface area contributed by atoms with Crippen molar-refractivity contribution in [2.24, 2.45) is 0 Å². The number of nitrogens with one attached hydrogen (secondary N) is 3. The second kappa shape index (κ2) is 15.8. The van der Waals surface area contributed by atoms with E-state index in [1.165, 1.54) is 36.7 Å². The van der Waals surface area contributed by atoms with Crippen molar-refractivity contribution in [3.8, 4) is 0 Å². The van der Waals surface area contributed by atoms with E-state index in [2.05, 4.69) is 35.1 Å². The van der Waals surface area contributed by atoms with Gasteiger partial charge in [0.15, 0.2) is 0 Å². The lowest BCUT2D eigenvalue weighted by Crippen LogP contribution is -2.48. The molecular weight excluding hydrogens is 575 g/mol. The van der Waals surface area contributed by atoms with Crippen LogP contribution in [-0.4, -0.2) is 73.3 Å². The van der Waals surface area contributed by atoms with Crippen LogP contribution in [0.1, 0.15) is 10.4 Å². The number of aliphatic carboxylic acids is 1. The number of carbonyl (C=O) groups excluding carboxylic acids is 2. The summed E-state index contributed by atoms with van der Waals surface area (Å²) in [5.41, 5.74) is 0.354. The molecule has 1 unspecified atom stereocenters. The molecule has 0 spiro atoms. The average Bonchev–Trinajstić information content (AvgIpc) is 2.96. The number of nitrogens with zero attached hydrogens (tertiary/aromatic N) is 2. The summed E-state index contributed by atoms with van der Waals surface area (Å²) in [6.45, 7) is -0.551. The van der Waals surface area contributed by atoms with Gasteiger partial charge in [0.1, 0.15) is 12.6 Å². The lowest BCUT2D eigenvalue weighted by molar-refractivity contribution is -0.299. The molecule has 0 saturated heterocycles. The molecule has 0 saturated carbocycles. The van der Waals surface area contributed by atoms with Crippen LogP contribution < -0.4 is 15.4 Å². The minimum atomic E-state index is -5.06. The van der Waals surface area contributed by atoms with Gasteiger partial charge < -0.3 is 15.7 Å². The van der Waals surface area contributed by atoms with E-state index in [-0.39, 0.29) is 24.6 Å². The molecule has 0 radical (unpaired) electrons. The van der Waals surface area contributed by atoms with Gasteiger partial charge in [0, 0.05) is 31.0 Å². The van der Waals surface area contributed by atoms with Crippen LogP contribution in [0, 0.1) is 0 Å². The Balaban J connectivity index is 0.000000305. The molecule has 0 bridgehead atoms. The summed E-state index contributed by atoms with van der Waals surface area (Å²) in [6.07, 6.45) is -2.09. The van der Waals surface area contributed by atoms with Gasteiger partial charge in [-0.1, -0.05) is 36.4 Å². The summed E-state index contributed by atoms with van der Waals surface area (Å²) in [6, 6.07) is 15.7. The van der Waals surface area contributed by atoms with Gasteiger partial charge in [0.25, 0.3) is 5.91 Å². The number of benzene rings is 2. The Kier molecular flexibility index (Phi) is 12.6. The highest BCUT2D eigenvalue weighted by molar-refractivity contribution is 7.89. The van der Waals surface area contributed by atoms with Gasteiger partial charge in [0.05, 0.1) is 4.90 Å². The van der Waals surface area contributed by atoms with Crippen molar-refractivity contribution in [1.29, 1.82) is 0 Å². The second-order valence-electron chi connectivity index (χ2n) is 7.59. The number of rotatable bonds is 12. The zero-order valence-corrected chi connectivity index (χ0v) is 21.8. The number of halogens is 3. The third-order valence-corrected chi connectivity index (χ3v) is 6.04. The van der Waals surface area contributed by atoms with Crippen LogP contribution in [0.2, 0.25) is 0 Å². The molecule has 13 nitrogen and oxygen atoms in total. The molecule has 0 fully saturated rings. The molecule has 3 aromatic rings. The maximum Gasteiger partial charge on any atom is 0.494 e. The number of carboxylic acid groups (broad SMARTS) is 1. The molecule has 17 heteroatoms. The highest BCUT2D eigenvalue weighted by Gasteiger charge is 2.42. The van der Waals surface area contributed by atoms with Crippen LogP contribution in [-0.2, 0) is 29.4 Å². The van der Waals surface area contributed by atoms with Crippen molar-refractivity contribution in [2.75, 3.05) is 25.0 Å². The van der Waals surface area contributed by atoms with Crippen molar-refractivity contribution in [1.82, 2.24) is 20.0 Å². The lowest BCUT2D eigenvalue weighted by Gasteiger charge is -2.15. The first-order valence-electron chi connectivity index (χ1n) is 11.4. The van der Waals surface area contributed by atoms with Gasteiger partial charge in [-0.3, -0.25) is 14.5 Å². The van der Waals surface area contributed by atoms with Gasteiger partial charge in [-0.2, -0.15) is 22.8 Å². The molecule has 1 heterocycles. The zero-order chi connectivity index (χ0) is 30.3. The highest BCUT2D eigenvalue weighted by atomic mass is 32.2. The quantitative estimate of drug-likeness (QED) is 0.135. The number of amides is 1. The smallest absolute Gasteiger partial charge is 0.480 e. The third-order valence-electron chi connectivity index (χ3n) is 4.55. The van der Waals surface area contributed by atoms with E-state index in [1.54, 1.807) is 42.5 Å². The van der Waals surface area contributed by atoms with E-state index in [1.807, 2.05) is 0 Å². The molecule has 3 rings (SSSR count). The lowest BCUT2D eigenvalue weighted by atomic mass is 10.2. The number of anilines is 1. The monoisotopic (exact) mass is 599 g/mol. The van der Waals surface area contributed by atoms with Crippen LogP contribution in [0.25, 0.3) is 0 Å². The van der Waals surface area contributed by atoms with Crippen LogP contribution in [0.4, 0.5) is 19.1 Å². The van der Waals surface area contributed by atoms with Crippen molar-refractivity contribution in [3.63, 3.8) is 0 Å². The summed E-state index contributed by atoms with van der Waals surface area (Å²) >= 11 is 0. The van der Waals surface area contributed by atoms with Gasteiger partial charge in [-0.15, -0.1) is 0 Å². The molecule has 1 aromatic heterocycles. The van der Waals surface area contributed by atoms with Crippen molar-refractivity contribution in [2.45, 2.75) is 17.1 Å². The van der Waals surface area contributed by atoms with Crippen LogP contribution in [0.5, 0.6) is 0 Å². The molecule has 1 amide bonds. The van der Waals surface area contributed by atoms with Gasteiger partial charge >= 0.3 is 18.1 Å². The summed E-state index contributed by atoms with van der Waals surface area (Å²) in [4.78, 5) is 48.5. The average molecular weight is 600 g/mol. The van der Waals surface area contributed by atoms with Crippen molar-refractivity contribution >= 4 is 33.8 Å². The fourth-order valence-corrected chi connectivity index (χ4v) is 3.87. The van der Waals surface area contributed by atoms with Gasteiger partial charge in [-0.25, -0.2) is 23.2 Å². The maximum absolute atomic E-state index is 12.2. The first-order valence-corrected chi connectivity index (χ1v) is 12.9. The Hall–Kier alpha value is -4.61. The predicted molar refractivity (Wildman–Crippen MR) is 136 cm³/mol. The van der Waals surface area contributed by atoms with Crippen molar-refractivity contribution < 1.29 is 50.9 Å². The fourth-order valence-electron chi connectivity index (χ4n) is 2.66. The maximum atomic E-state index is 12.2. The summed E-state index contributed by atoms with van der Waals surface area (Å²) in [5, 5.41) is 14.2. The normalized spacial score (nSPS) is 11.8. The second-order valence-corrected chi connectivity index (χ2v) is 9.30. The Morgan fingerprint density at radius 2 is 1.51 bits per heavy atom. The van der Waals surface area contributed by atoms with E-state index < -0.39 is 40.1 Å². The Morgan fingerprint density at radius 3 is 2.07 bits per heavy atom. The summed E-state index contributed by atoms with van der Waals surface area (Å²) < 4.78 is 61.3. The van der Waals surface area contributed by atoms with Crippen molar-refractivity contribution in [3.05, 3.63) is 84.7 Å². The number of hydrogen-bond donors (Lipinski definition) is 4. The van der Waals surface area contributed by atoms with E-state index in [0.29, 0.717) is 11.5 Å². The molecule has 41 heavy (non-hydrogen) atoms. The van der Waals surface area contributed by atoms with Gasteiger partial charge in [-0.05, 0) is 30.3 Å². The fraction of sp³-hybridized carbons (Fsp3) is 0.208. The molecule has 0 aliphatic carbocycles. The standard InChI is InChI=1S/C16H16N2O5S.C8H8F3N3O3/c19-15(12-7-3-1-4-8-12)17-11-14(16(20)21)18-24(22,23)13-9-5-2-6-10-13;9-8(10,11)6(15)17-16-5-4-14-7-12-2-1-3-13-7/h1-10,14,18H,11H2,(H,17,19)(H,20,21);1-3H,4-5H2,(H,12,13,14). The largest absolute Gasteiger partial charge is 0.494 e. The Morgan fingerprint density at radius 1 is 0.927 bits per heavy atom. The molecule has 0 aliphatic heterocycles. The molecule has 1 atom stereocenters. The van der Waals surface area contributed by atoms with E-state index in [4.69, 9.17) is 0 Å². The number of carbonyl (C=O) groups is 3. The van der Waals surface area contributed by atoms with Crippen LogP contribution >= 0.6 is 0 Å². The number of carboxylic acids is 1. The highest BCUT2D eigenvalue weighted by Crippen LogP contribution is 2.16. The number of alkyl halides is 3. The van der Waals surface area contributed by atoms with E-state index in [0.717, 1.165) is 0 Å². The van der Waals surface area contributed by atoms with Crippen LogP contribution in [0.3, 0.4) is 0 Å². The first kappa shape index (κ1) is 32.6. The number of aromatic nitrogens is 2. The minimum Gasteiger partial charge on any atom is -0.480 e. The van der Waals surface area contributed by atoms with E-state index in [9.17, 15) is 41.1 Å². The van der Waals surface area contributed by atoms with Gasteiger partial charge in [0.2, 0.25) is 16.0 Å². The van der Waals surface area contributed by atoms with Crippen LogP contribution in [0.15, 0.2) is 84.0 Å². The first-order chi connectivity index (χ1) is 19.4. The predicted octanol–water partition coefficient (Wildman–Crippen LogP) is 1.77. The number of sulfonamides is 1. The minimum absolute atomic E-state index is 0.0503. The summed E-state index contributed by atoms with van der Waals surface area (Å²) in [5.74, 6) is -3.98. The molecule has 0 aliphatic rings. The number of hydrogen-bond acceptors (Lipinski definition) is 10. The third kappa shape index (κ3) is 12.0. The Labute approximate surface area is 231 Å². The molecule has 2 aromatic carbocycles. The molecular formula is C24H24F3N5O8S. The summed E-state index contributed by atoms with van der Waals surface area (Å²) in [7, 11) is -4.00. The Bertz CT molecular complexity index is 1370. The molecule has 220 valence electrons. The SMILES string of the molecule is O=C(NCC(NS(=O)(=O)c1ccccc1)C(=O)O)c1ccccc1.O=C(OOCCNc1ncccn1)C(F)(F)F. The zero-order valence-electron chi connectivity index (χ0n) is 20.9.